The summed E-state index contributed by atoms with van der Waals surface area (Å²) in [5.74, 6) is 1.14. The standard InChI is InChI=1S/C13H21N3/c1-4-15(2)13-11(7-5-9-14-13)12-8-6-10-16(12)3/h5,7,9,12H,4,6,8,10H2,1-3H3. The van der Waals surface area contributed by atoms with Crippen LogP contribution in [0.4, 0.5) is 5.82 Å². The van der Waals surface area contributed by atoms with Crippen molar-refractivity contribution in [3.63, 3.8) is 0 Å². The minimum Gasteiger partial charge on any atom is -0.360 e. The van der Waals surface area contributed by atoms with Crippen molar-refractivity contribution in [2.45, 2.75) is 25.8 Å². The molecule has 1 atom stereocenters. The molecule has 0 amide bonds. The summed E-state index contributed by atoms with van der Waals surface area (Å²) >= 11 is 0. The highest BCUT2D eigenvalue weighted by Gasteiger charge is 2.25. The molecule has 2 rings (SSSR count). The van der Waals surface area contributed by atoms with E-state index in [2.05, 4.69) is 47.9 Å². The van der Waals surface area contributed by atoms with E-state index in [9.17, 15) is 0 Å². The van der Waals surface area contributed by atoms with Crippen LogP contribution in [0, 0.1) is 0 Å². The summed E-state index contributed by atoms with van der Waals surface area (Å²) in [6.45, 7) is 4.37. The zero-order chi connectivity index (χ0) is 11.5. The van der Waals surface area contributed by atoms with Gasteiger partial charge in [0, 0.05) is 31.4 Å². The minimum absolute atomic E-state index is 0.553. The predicted molar refractivity (Wildman–Crippen MR) is 67.8 cm³/mol. The number of nitrogens with zero attached hydrogens (tertiary/aromatic N) is 3. The molecule has 0 spiro atoms. The highest BCUT2D eigenvalue weighted by atomic mass is 15.2. The first kappa shape index (κ1) is 11.4. The molecule has 0 radical (unpaired) electrons. The van der Waals surface area contributed by atoms with Crippen molar-refractivity contribution in [2.75, 3.05) is 32.1 Å². The average molecular weight is 219 g/mol. The fourth-order valence-electron chi connectivity index (χ4n) is 2.44. The van der Waals surface area contributed by atoms with Crippen molar-refractivity contribution in [1.82, 2.24) is 9.88 Å². The summed E-state index contributed by atoms with van der Waals surface area (Å²) in [5.41, 5.74) is 1.38. The summed E-state index contributed by atoms with van der Waals surface area (Å²) in [5, 5.41) is 0. The Hall–Kier alpha value is -1.09. The molecule has 0 saturated carbocycles. The third-order valence-electron chi connectivity index (χ3n) is 3.53. The van der Waals surface area contributed by atoms with Gasteiger partial charge in [-0.05, 0) is 39.4 Å². The normalized spacial score (nSPS) is 21.3. The lowest BCUT2D eigenvalue weighted by molar-refractivity contribution is 0.317. The lowest BCUT2D eigenvalue weighted by Gasteiger charge is -2.25. The Balaban J connectivity index is 2.32. The molecule has 1 saturated heterocycles. The predicted octanol–water partition coefficient (Wildman–Crippen LogP) is 2.30. The Morgan fingerprint density at radius 3 is 3.00 bits per heavy atom. The molecule has 88 valence electrons. The summed E-state index contributed by atoms with van der Waals surface area (Å²) in [7, 11) is 4.32. The monoisotopic (exact) mass is 219 g/mol. The number of hydrogen-bond acceptors (Lipinski definition) is 3. The van der Waals surface area contributed by atoms with E-state index >= 15 is 0 Å². The molecule has 3 heteroatoms. The van der Waals surface area contributed by atoms with Gasteiger partial charge in [0.2, 0.25) is 0 Å². The van der Waals surface area contributed by atoms with Gasteiger partial charge in [0.15, 0.2) is 0 Å². The summed E-state index contributed by atoms with van der Waals surface area (Å²) in [6, 6.07) is 4.83. The lowest BCUT2D eigenvalue weighted by Crippen LogP contribution is -2.23. The molecule has 1 aromatic rings. The van der Waals surface area contributed by atoms with Crippen LogP contribution in [0.1, 0.15) is 31.4 Å². The van der Waals surface area contributed by atoms with Crippen LogP contribution in [0.25, 0.3) is 0 Å². The van der Waals surface area contributed by atoms with Crippen LogP contribution in [-0.4, -0.2) is 37.1 Å². The zero-order valence-corrected chi connectivity index (χ0v) is 10.5. The first-order valence-corrected chi connectivity index (χ1v) is 6.10. The molecule has 0 aromatic carbocycles. The van der Waals surface area contributed by atoms with Gasteiger partial charge in [0.1, 0.15) is 5.82 Å². The van der Waals surface area contributed by atoms with Crippen LogP contribution in [0.2, 0.25) is 0 Å². The second-order valence-corrected chi connectivity index (χ2v) is 4.57. The fourth-order valence-corrected chi connectivity index (χ4v) is 2.44. The van der Waals surface area contributed by atoms with Crippen LogP contribution < -0.4 is 4.90 Å². The summed E-state index contributed by atoms with van der Waals surface area (Å²) in [4.78, 5) is 9.19. The van der Waals surface area contributed by atoms with Gasteiger partial charge < -0.3 is 4.90 Å². The number of hydrogen-bond donors (Lipinski definition) is 0. The van der Waals surface area contributed by atoms with E-state index in [4.69, 9.17) is 0 Å². The maximum atomic E-state index is 4.53. The zero-order valence-electron chi connectivity index (χ0n) is 10.5. The number of pyridine rings is 1. The Bertz CT molecular complexity index is 351. The van der Waals surface area contributed by atoms with Crippen LogP contribution in [0.3, 0.4) is 0 Å². The van der Waals surface area contributed by atoms with E-state index in [0.717, 1.165) is 12.4 Å². The van der Waals surface area contributed by atoms with Gasteiger partial charge in [0.05, 0.1) is 0 Å². The van der Waals surface area contributed by atoms with E-state index in [1.54, 1.807) is 0 Å². The topological polar surface area (TPSA) is 19.4 Å². The van der Waals surface area contributed by atoms with Crippen molar-refractivity contribution < 1.29 is 0 Å². The molecular formula is C13H21N3. The van der Waals surface area contributed by atoms with E-state index in [-0.39, 0.29) is 0 Å². The maximum Gasteiger partial charge on any atom is 0.133 e. The molecule has 1 fully saturated rings. The second-order valence-electron chi connectivity index (χ2n) is 4.57. The Kier molecular flexibility index (Phi) is 3.44. The quantitative estimate of drug-likeness (QED) is 0.777. The van der Waals surface area contributed by atoms with Crippen LogP contribution in [0.15, 0.2) is 18.3 Å². The SMILES string of the molecule is CCN(C)c1ncccc1C1CCCN1C. The first-order valence-electron chi connectivity index (χ1n) is 6.10. The Morgan fingerprint density at radius 1 is 1.56 bits per heavy atom. The van der Waals surface area contributed by atoms with Crippen LogP contribution in [-0.2, 0) is 0 Å². The molecule has 1 aliphatic heterocycles. The van der Waals surface area contributed by atoms with E-state index < -0.39 is 0 Å². The summed E-state index contributed by atoms with van der Waals surface area (Å²) < 4.78 is 0. The van der Waals surface area contributed by atoms with Crippen molar-refractivity contribution in [3.05, 3.63) is 23.9 Å². The number of anilines is 1. The van der Waals surface area contributed by atoms with Gasteiger partial charge in [0.25, 0.3) is 0 Å². The molecule has 0 N–H and O–H groups in total. The summed E-state index contributed by atoms with van der Waals surface area (Å²) in [6.07, 6.45) is 4.44. The second kappa shape index (κ2) is 4.83. The van der Waals surface area contributed by atoms with Gasteiger partial charge in [-0.2, -0.15) is 0 Å². The van der Waals surface area contributed by atoms with Gasteiger partial charge in [-0.15, -0.1) is 0 Å². The molecular weight excluding hydrogens is 198 g/mol. The van der Waals surface area contributed by atoms with Crippen LogP contribution >= 0.6 is 0 Å². The minimum atomic E-state index is 0.553. The molecule has 0 aliphatic carbocycles. The molecule has 0 bridgehead atoms. The number of likely N-dealkylation sites (tertiary alicyclic amines) is 1. The van der Waals surface area contributed by atoms with Gasteiger partial charge >= 0.3 is 0 Å². The van der Waals surface area contributed by atoms with Crippen molar-refractivity contribution in [3.8, 4) is 0 Å². The smallest absolute Gasteiger partial charge is 0.133 e. The third kappa shape index (κ3) is 2.05. The van der Waals surface area contributed by atoms with Crippen molar-refractivity contribution in [2.24, 2.45) is 0 Å². The molecule has 1 aliphatic rings. The van der Waals surface area contributed by atoms with Gasteiger partial charge in [-0.3, -0.25) is 4.90 Å². The van der Waals surface area contributed by atoms with E-state index in [1.165, 1.54) is 24.9 Å². The van der Waals surface area contributed by atoms with E-state index in [1.807, 2.05) is 6.20 Å². The van der Waals surface area contributed by atoms with Gasteiger partial charge in [-0.1, -0.05) is 6.07 Å². The molecule has 3 nitrogen and oxygen atoms in total. The van der Waals surface area contributed by atoms with Crippen LogP contribution in [0.5, 0.6) is 0 Å². The highest BCUT2D eigenvalue weighted by Crippen LogP contribution is 2.34. The lowest BCUT2D eigenvalue weighted by atomic mass is 10.1. The molecule has 1 aromatic heterocycles. The maximum absolute atomic E-state index is 4.53. The molecule has 16 heavy (non-hydrogen) atoms. The Labute approximate surface area is 98.1 Å². The van der Waals surface area contributed by atoms with Crippen molar-refractivity contribution >= 4 is 5.82 Å². The number of aromatic nitrogens is 1. The number of rotatable bonds is 3. The molecule has 2 heterocycles. The molecule has 1 unspecified atom stereocenters. The Morgan fingerprint density at radius 2 is 2.38 bits per heavy atom. The van der Waals surface area contributed by atoms with Crippen molar-refractivity contribution in [1.29, 1.82) is 0 Å². The average Bonchev–Trinajstić information content (AvgIpc) is 2.74. The largest absolute Gasteiger partial charge is 0.360 e. The fraction of sp³-hybridized carbons (Fsp3) is 0.615. The van der Waals surface area contributed by atoms with E-state index in [0.29, 0.717) is 6.04 Å². The first-order chi connectivity index (χ1) is 7.74. The van der Waals surface area contributed by atoms with Gasteiger partial charge in [-0.25, -0.2) is 4.98 Å². The highest BCUT2D eigenvalue weighted by molar-refractivity contribution is 5.47. The third-order valence-corrected chi connectivity index (χ3v) is 3.53.